The number of nitrogens with zero attached hydrogens (tertiary/aromatic N) is 4. The first-order chi connectivity index (χ1) is 9.71. The molecule has 104 valence electrons. The molecule has 0 spiro atoms. The van der Waals surface area contributed by atoms with Crippen molar-refractivity contribution in [1.82, 2.24) is 14.7 Å². The molecule has 0 aliphatic heterocycles. The maximum atomic E-state index is 8.81. The summed E-state index contributed by atoms with van der Waals surface area (Å²) in [7, 11) is 0. The highest BCUT2D eigenvalue weighted by molar-refractivity contribution is 6.30. The lowest BCUT2D eigenvalue weighted by molar-refractivity contribution is 0.199. The van der Waals surface area contributed by atoms with Crippen molar-refractivity contribution in [3.05, 3.63) is 52.8 Å². The van der Waals surface area contributed by atoms with Gasteiger partial charge in [0.1, 0.15) is 0 Å². The number of hydrogen-bond acceptors (Lipinski definition) is 3. The highest BCUT2D eigenvalue weighted by Crippen LogP contribution is 2.10. The Morgan fingerprint density at radius 2 is 2.10 bits per heavy atom. The minimum absolute atomic E-state index is 0.653. The van der Waals surface area contributed by atoms with Gasteiger partial charge in [0.2, 0.25) is 0 Å². The van der Waals surface area contributed by atoms with Crippen molar-refractivity contribution in [2.24, 2.45) is 0 Å². The predicted molar refractivity (Wildman–Crippen MR) is 79.1 cm³/mol. The molecule has 2 rings (SSSR count). The van der Waals surface area contributed by atoms with Crippen molar-refractivity contribution < 1.29 is 0 Å². The van der Waals surface area contributed by atoms with Gasteiger partial charge in [-0.1, -0.05) is 30.7 Å². The molecule has 1 aromatic heterocycles. The van der Waals surface area contributed by atoms with Crippen LogP contribution in [0.1, 0.15) is 24.5 Å². The Labute approximate surface area is 124 Å². The average Bonchev–Trinajstić information content (AvgIpc) is 2.85. The molecule has 0 aliphatic carbocycles. The minimum Gasteiger partial charge on any atom is -0.280 e. The third kappa shape index (κ3) is 4.09. The molecule has 2 aromatic rings. The Morgan fingerprint density at radius 1 is 1.35 bits per heavy atom. The van der Waals surface area contributed by atoms with Crippen molar-refractivity contribution in [1.29, 1.82) is 5.26 Å². The fourth-order valence-corrected chi connectivity index (χ4v) is 2.24. The van der Waals surface area contributed by atoms with E-state index in [2.05, 4.69) is 23.0 Å². The number of halogens is 1. The summed E-state index contributed by atoms with van der Waals surface area (Å²) in [6.45, 7) is 4.68. The summed E-state index contributed by atoms with van der Waals surface area (Å²) in [5.74, 6) is 0. The molecule has 0 fully saturated rings. The van der Waals surface area contributed by atoms with Gasteiger partial charge in [-0.2, -0.15) is 10.4 Å². The van der Waals surface area contributed by atoms with E-state index in [0.717, 1.165) is 19.5 Å². The summed E-state index contributed by atoms with van der Waals surface area (Å²) in [5, 5.41) is 13.7. The third-order valence-corrected chi connectivity index (χ3v) is 3.17. The highest BCUT2D eigenvalue weighted by Gasteiger charge is 2.07. The molecule has 1 aromatic carbocycles. The van der Waals surface area contributed by atoms with Crippen molar-refractivity contribution >= 4 is 11.6 Å². The van der Waals surface area contributed by atoms with Gasteiger partial charge in [-0.25, -0.2) is 0 Å². The van der Waals surface area contributed by atoms with E-state index in [1.54, 1.807) is 6.20 Å². The summed E-state index contributed by atoms with van der Waals surface area (Å²) in [6, 6.07) is 9.83. The fourth-order valence-electron chi connectivity index (χ4n) is 2.08. The molecule has 0 amide bonds. The molecule has 0 radical (unpaired) electrons. The van der Waals surface area contributed by atoms with Crippen LogP contribution in [0.25, 0.3) is 0 Å². The number of aromatic nitrogens is 2. The quantitative estimate of drug-likeness (QED) is 0.819. The molecule has 1 heterocycles. The first-order valence-electron chi connectivity index (χ1n) is 6.60. The lowest BCUT2D eigenvalue weighted by atomic mass is 10.1. The number of nitriles is 1. The lowest BCUT2D eigenvalue weighted by Gasteiger charge is -2.21. The first-order valence-corrected chi connectivity index (χ1v) is 6.98. The molecular weight excluding hydrogens is 272 g/mol. The van der Waals surface area contributed by atoms with Gasteiger partial charge in [0, 0.05) is 12.7 Å². The maximum Gasteiger partial charge on any atom is 0.0991 e. The molecule has 0 saturated carbocycles. The van der Waals surface area contributed by atoms with Crippen molar-refractivity contribution in [2.75, 3.05) is 6.54 Å². The van der Waals surface area contributed by atoms with Gasteiger partial charge in [0.25, 0.3) is 0 Å². The molecule has 0 aliphatic rings. The van der Waals surface area contributed by atoms with E-state index in [-0.39, 0.29) is 0 Å². The Hall–Kier alpha value is -1.83. The molecular formula is C15H17ClN4. The zero-order chi connectivity index (χ0) is 14.4. The largest absolute Gasteiger partial charge is 0.280 e. The second kappa shape index (κ2) is 7.09. The molecule has 0 N–H and O–H groups in total. The summed E-state index contributed by atoms with van der Waals surface area (Å²) in [5.41, 5.74) is 1.88. The number of rotatable bonds is 6. The summed E-state index contributed by atoms with van der Waals surface area (Å²) >= 11 is 5.88. The van der Waals surface area contributed by atoms with Gasteiger partial charge < -0.3 is 0 Å². The smallest absolute Gasteiger partial charge is 0.0991 e. The lowest BCUT2D eigenvalue weighted by Crippen LogP contribution is -2.27. The monoisotopic (exact) mass is 288 g/mol. The van der Waals surface area contributed by atoms with E-state index in [0.29, 0.717) is 17.3 Å². The van der Waals surface area contributed by atoms with Crippen LogP contribution >= 0.6 is 11.6 Å². The van der Waals surface area contributed by atoms with E-state index in [9.17, 15) is 0 Å². The van der Waals surface area contributed by atoms with E-state index in [1.807, 2.05) is 35.1 Å². The molecule has 0 atom stereocenters. The van der Waals surface area contributed by atoms with Gasteiger partial charge >= 0.3 is 0 Å². The van der Waals surface area contributed by atoms with E-state index < -0.39 is 0 Å². The predicted octanol–water partition coefficient (Wildman–Crippen LogP) is 3.28. The maximum absolute atomic E-state index is 8.81. The van der Waals surface area contributed by atoms with Crippen LogP contribution in [0.15, 0.2) is 36.7 Å². The van der Waals surface area contributed by atoms with Gasteiger partial charge in [-0.15, -0.1) is 0 Å². The minimum atomic E-state index is 0.653. The number of benzene rings is 1. The normalized spacial score (nSPS) is 10.7. The second-order valence-corrected chi connectivity index (χ2v) is 5.14. The van der Waals surface area contributed by atoms with Gasteiger partial charge in [0.15, 0.2) is 0 Å². The van der Waals surface area contributed by atoms with Crippen molar-refractivity contribution in [2.45, 2.75) is 26.6 Å². The second-order valence-electron chi connectivity index (χ2n) is 4.70. The molecule has 4 nitrogen and oxygen atoms in total. The Kier molecular flexibility index (Phi) is 5.16. The van der Waals surface area contributed by atoms with E-state index in [4.69, 9.17) is 16.9 Å². The Balaban J connectivity index is 2.02. The van der Waals surface area contributed by atoms with Crippen molar-refractivity contribution in [3.63, 3.8) is 0 Å². The van der Waals surface area contributed by atoms with Crippen LogP contribution in [-0.4, -0.2) is 21.2 Å². The molecule has 5 heteroatoms. The van der Waals surface area contributed by atoms with Crippen LogP contribution in [0, 0.1) is 11.3 Å². The van der Waals surface area contributed by atoms with Crippen LogP contribution < -0.4 is 0 Å². The standard InChI is InChI=1S/C15H17ClN4/c1-2-7-19(12-20-11-15(16)9-18-20)10-14-5-3-13(8-17)4-6-14/h3-6,9,11H,2,7,10,12H2,1H3. The molecule has 0 bridgehead atoms. The van der Waals surface area contributed by atoms with Crippen LogP contribution in [0.2, 0.25) is 5.02 Å². The van der Waals surface area contributed by atoms with Gasteiger partial charge in [0.05, 0.1) is 29.5 Å². The third-order valence-electron chi connectivity index (χ3n) is 2.98. The zero-order valence-corrected chi connectivity index (χ0v) is 12.2. The van der Waals surface area contributed by atoms with Crippen LogP contribution in [-0.2, 0) is 13.2 Å². The SMILES string of the molecule is CCCN(Cc1ccc(C#N)cc1)Cn1cc(Cl)cn1. The topological polar surface area (TPSA) is 44.9 Å². The van der Waals surface area contributed by atoms with Crippen LogP contribution in [0.3, 0.4) is 0 Å². The first kappa shape index (κ1) is 14.6. The van der Waals surface area contributed by atoms with Crippen LogP contribution in [0.4, 0.5) is 0 Å². The van der Waals surface area contributed by atoms with Crippen LogP contribution in [0.5, 0.6) is 0 Å². The van der Waals surface area contributed by atoms with Gasteiger partial charge in [-0.3, -0.25) is 9.58 Å². The van der Waals surface area contributed by atoms with E-state index >= 15 is 0 Å². The van der Waals surface area contributed by atoms with E-state index in [1.165, 1.54) is 5.56 Å². The summed E-state index contributed by atoms with van der Waals surface area (Å²) < 4.78 is 1.83. The van der Waals surface area contributed by atoms with Crippen molar-refractivity contribution in [3.8, 4) is 6.07 Å². The molecule has 0 unspecified atom stereocenters. The van der Waals surface area contributed by atoms with Gasteiger partial charge in [-0.05, 0) is 30.7 Å². The Morgan fingerprint density at radius 3 is 2.65 bits per heavy atom. The average molecular weight is 289 g/mol. The number of hydrogen-bond donors (Lipinski definition) is 0. The Bertz CT molecular complexity index is 583. The summed E-state index contributed by atoms with van der Waals surface area (Å²) in [4.78, 5) is 2.30. The molecule has 0 saturated heterocycles. The highest BCUT2D eigenvalue weighted by atomic mass is 35.5. The summed E-state index contributed by atoms with van der Waals surface area (Å²) in [6.07, 6.45) is 4.54. The fraction of sp³-hybridized carbons (Fsp3) is 0.333. The molecule has 20 heavy (non-hydrogen) atoms. The zero-order valence-electron chi connectivity index (χ0n) is 11.5.